The molecule has 0 atom stereocenters. The van der Waals surface area contributed by atoms with Gasteiger partial charge in [-0.15, -0.1) is 0 Å². The van der Waals surface area contributed by atoms with Crippen LogP contribution in [0.2, 0.25) is 5.02 Å². The highest BCUT2D eigenvalue weighted by Crippen LogP contribution is 2.39. The van der Waals surface area contributed by atoms with Gasteiger partial charge in [0.05, 0.1) is 17.1 Å². The lowest BCUT2D eigenvalue weighted by Gasteiger charge is -2.14. The number of aryl methyl sites for hydroxylation is 2. The topological polar surface area (TPSA) is 94.2 Å². The summed E-state index contributed by atoms with van der Waals surface area (Å²) in [6.07, 6.45) is 1.64. The zero-order valence-electron chi connectivity index (χ0n) is 20.9. The number of fused-ring (bicyclic) bond motifs is 1. The number of rotatable bonds is 7. The molecule has 1 saturated heterocycles. The minimum Gasteiger partial charge on any atom is -0.484 e. The van der Waals surface area contributed by atoms with Crippen LogP contribution in [0.4, 0.5) is 10.5 Å². The summed E-state index contributed by atoms with van der Waals surface area (Å²) in [4.78, 5) is 39.4. The Labute approximate surface area is 242 Å². The number of carbonyl (C=O) groups excluding carboxylic acids is 3. The van der Waals surface area contributed by atoms with Gasteiger partial charge in [0.15, 0.2) is 18.1 Å². The van der Waals surface area contributed by atoms with Gasteiger partial charge in [-0.05, 0) is 100 Å². The Morgan fingerprint density at radius 2 is 1.79 bits per heavy atom. The van der Waals surface area contributed by atoms with Crippen LogP contribution < -0.4 is 19.5 Å². The Balaban J connectivity index is 1.19. The van der Waals surface area contributed by atoms with Gasteiger partial charge in [0.2, 0.25) is 6.79 Å². The van der Waals surface area contributed by atoms with Gasteiger partial charge in [-0.2, -0.15) is 0 Å². The number of nitrogens with zero attached hydrogens (tertiary/aromatic N) is 1. The first-order valence-electron chi connectivity index (χ1n) is 11.8. The molecule has 0 spiro atoms. The molecule has 2 heterocycles. The van der Waals surface area contributed by atoms with E-state index in [0.717, 1.165) is 32.3 Å². The second kappa shape index (κ2) is 11.3. The summed E-state index contributed by atoms with van der Waals surface area (Å²) in [5.74, 6) is 0.842. The number of hydrogen-bond donors (Lipinski definition) is 1. The van der Waals surface area contributed by atoms with Crippen molar-refractivity contribution in [1.82, 2.24) is 4.90 Å². The molecule has 200 valence electrons. The molecule has 1 fully saturated rings. The van der Waals surface area contributed by atoms with Crippen molar-refractivity contribution in [1.29, 1.82) is 0 Å². The lowest BCUT2D eigenvalue weighted by atomic mass is 10.1. The second-order valence-corrected chi connectivity index (χ2v) is 11.1. The summed E-state index contributed by atoms with van der Waals surface area (Å²) < 4.78 is 17.1. The Hall–Kier alpha value is -3.47. The van der Waals surface area contributed by atoms with Gasteiger partial charge in [-0.3, -0.25) is 19.3 Å². The quantitative estimate of drug-likeness (QED) is 0.291. The Morgan fingerprint density at radius 3 is 2.54 bits per heavy atom. The number of nitrogens with one attached hydrogen (secondary N) is 1. The molecule has 0 saturated carbocycles. The van der Waals surface area contributed by atoms with Crippen molar-refractivity contribution < 1.29 is 28.6 Å². The monoisotopic (exact) mass is 628 g/mol. The average Bonchev–Trinajstić information content (AvgIpc) is 3.46. The van der Waals surface area contributed by atoms with Crippen molar-refractivity contribution in [3.8, 4) is 17.2 Å². The summed E-state index contributed by atoms with van der Waals surface area (Å²) in [7, 11) is 0. The minimum absolute atomic E-state index is 0.0189. The van der Waals surface area contributed by atoms with Crippen LogP contribution in [0.3, 0.4) is 0 Å². The number of halogens is 2. The highest BCUT2D eigenvalue weighted by Gasteiger charge is 2.35. The van der Waals surface area contributed by atoms with E-state index < -0.39 is 5.91 Å². The third-order valence-corrected chi connectivity index (χ3v) is 8.06. The maximum Gasteiger partial charge on any atom is 0.293 e. The molecule has 2 aliphatic rings. The molecule has 3 aromatic carbocycles. The van der Waals surface area contributed by atoms with Gasteiger partial charge < -0.3 is 19.5 Å². The fourth-order valence-electron chi connectivity index (χ4n) is 3.91. The number of imide groups is 1. The number of ether oxygens (including phenoxy) is 3. The molecule has 5 rings (SSSR count). The van der Waals surface area contributed by atoms with E-state index in [9.17, 15) is 14.4 Å². The van der Waals surface area contributed by atoms with Crippen LogP contribution in [0.1, 0.15) is 22.3 Å². The normalized spacial score (nSPS) is 15.3. The zero-order valence-corrected chi connectivity index (χ0v) is 24.0. The van der Waals surface area contributed by atoms with E-state index in [1.807, 2.05) is 26.0 Å². The maximum absolute atomic E-state index is 13.0. The van der Waals surface area contributed by atoms with Crippen LogP contribution in [0.15, 0.2) is 57.9 Å². The van der Waals surface area contributed by atoms with E-state index in [2.05, 4.69) is 21.2 Å². The van der Waals surface area contributed by atoms with Gasteiger partial charge in [0.1, 0.15) is 5.75 Å². The van der Waals surface area contributed by atoms with Crippen LogP contribution in [0, 0.1) is 13.8 Å². The minimum atomic E-state index is -0.409. The first kappa shape index (κ1) is 27.1. The fourth-order valence-corrected chi connectivity index (χ4v) is 5.52. The van der Waals surface area contributed by atoms with Crippen molar-refractivity contribution in [3.05, 3.63) is 85.2 Å². The van der Waals surface area contributed by atoms with Crippen LogP contribution in [0.25, 0.3) is 6.08 Å². The predicted octanol–water partition coefficient (Wildman–Crippen LogP) is 6.70. The second-order valence-electron chi connectivity index (χ2n) is 8.89. The van der Waals surface area contributed by atoms with Crippen LogP contribution in [0.5, 0.6) is 17.2 Å². The fraction of sp³-hybridized carbons (Fsp3) is 0.179. The van der Waals surface area contributed by atoms with E-state index in [1.54, 1.807) is 42.5 Å². The molecule has 0 radical (unpaired) electrons. The summed E-state index contributed by atoms with van der Waals surface area (Å²) in [5.41, 5.74) is 4.16. The Bertz CT molecular complexity index is 1530. The van der Waals surface area contributed by atoms with E-state index in [0.29, 0.717) is 44.0 Å². The van der Waals surface area contributed by atoms with Crippen LogP contribution >= 0.6 is 39.3 Å². The van der Waals surface area contributed by atoms with Crippen molar-refractivity contribution in [2.24, 2.45) is 0 Å². The SMILES string of the molecule is Cc1cc(Br)c(NC(=O)COc2ccc(/C=C3/SC(=O)N(Cc4cc5c(cc4Cl)OCO5)C3=O)cc2)cc1C. The van der Waals surface area contributed by atoms with Gasteiger partial charge in [-0.1, -0.05) is 23.7 Å². The Morgan fingerprint density at radius 1 is 1.10 bits per heavy atom. The largest absolute Gasteiger partial charge is 0.484 e. The molecular weight excluding hydrogens is 608 g/mol. The third-order valence-electron chi connectivity index (χ3n) is 6.15. The maximum atomic E-state index is 13.0. The average molecular weight is 630 g/mol. The molecule has 0 aliphatic carbocycles. The number of carbonyl (C=O) groups is 3. The van der Waals surface area contributed by atoms with E-state index >= 15 is 0 Å². The summed E-state index contributed by atoms with van der Waals surface area (Å²) >= 11 is 10.6. The predicted molar refractivity (Wildman–Crippen MR) is 153 cm³/mol. The summed E-state index contributed by atoms with van der Waals surface area (Å²) in [6, 6.07) is 14.0. The molecule has 0 aromatic heterocycles. The molecule has 11 heteroatoms. The first-order chi connectivity index (χ1) is 18.7. The van der Waals surface area contributed by atoms with E-state index in [4.69, 9.17) is 25.8 Å². The number of amides is 3. The highest BCUT2D eigenvalue weighted by atomic mass is 79.9. The molecule has 1 N–H and O–H groups in total. The first-order valence-corrected chi connectivity index (χ1v) is 13.8. The lowest BCUT2D eigenvalue weighted by molar-refractivity contribution is -0.123. The molecular formula is C28H22BrClN2O6S. The molecule has 3 amide bonds. The summed E-state index contributed by atoms with van der Waals surface area (Å²) in [5, 5.41) is 2.83. The van der Waals surface area contributed by atoms with E-state index in [1.165, 1.54) is 0 Å². The van der Waals surface area contributed by atoms with E-state index in [-0.39, 0.29) is 31.1 Å². The number of thioether (sulfide) groups is 1. The molecule has 8 nitrogen and oxygen atoms in total. The smallest absolute Gasteiger partial charge is 0.293 e. The van der Waals surface area contributed by atoms with Gasteiger partial charge in [-0.25, -0.2) is 0 Å². The highest BCUT2D eigenvalue weighted by molar-refractivity contribution is 9.10. The zero-order chi connectivity index (χ0) is 27.7. The Kier molecular flexibility index (Phi) is 7.88. The van der Waals surface area contributed by atoms with Gasteiger partial charge >= 0.3 is 0 Å². The molecule has 39 heavy (non-hydrogen) atoms. The molecule has 0 bridgehead atoms. The van der Waals surface area contributed by atoms with Crippen molar-refractivity contribution in [2.75, 3.05) is 18.7 Å². The molecule has 2 aliphatic heterocycles. The number of anilines is 1. The van der Waals surface area contributed by atoms with Crippen molar-refractivity contribution in [2.45, 2.75) is 20.4 Å². The molecule has 0 unspecified atom stereocenters. The van der Waals surface area contributed by atoms with Crippen molar-refractivity contribution >= 4 is 68.1 Å². The standard InChI is InChI=1S/C28H22BrClN2O6S/c1-15-7-20(29)22(8-16(15)2)31-26(33)13-36-19-5-3-17(4-6-19)9-25-27(34)32(28(35)39-25)12-18-10-23-24(11-21(18)30)38-14-37-23/h3-11H,12-14H2,1-2H3,(H,31,33)/b25-9+. The number of benzene rings is 3. The van der Waals surface area contributed by atoms with Crippen LogP contribution in [-0.4, -0.2) is 35.4 Å². The third kappa shape index (κ3) is 6.08. The van der Waals surface area contributed by atoms with Gasteiger partial charge in [0.25, 0.3) is 17.1 Å². The van der Waals surface area contributed by atoms with Crippen LogP contribution in [-0.2, 0) is 16.1 Å². The lowest BCUT2D eigenvalue weighted by Crippen LogP contribution is -2.27. The number of hydrogen-bond acceptors (Lipinski definition) is 7. The summed E-state index contributed by atoms with van der Waals surface area (Å²) in [6.45, 7) is 3.93. The molecule has 3 aromatic rings. The van der Waals surface area contributed by atoms with Crippen molar-refractivity contribution in [3.63, 3.8) is 0 Å². The van der Waals surface area contributed by atoms with Gasteiger partial charge in [0, 0.05) is 15.6 Å².